The normalized spacial score (nSPS) is 12.6. The number of rotatable bonds is 15. The van der Waals surface area contributed by atoms with E-state index in [1.54, 1.807) is 47.1 Å². The summed E-state index contributed by atoms with van der Waals surface area (Å²) in [6, 6.07) is 28.5. The summed E-state index contributed by atoms with van der Waals surface area (Å²) < 4.78 is 30.8. The number of benzene rings is 5. The molecule has 0 radical (unpaired) electrons. The summed E-state index contributed by atoms with van der Waals surface area (Å²) in [7, 11) is -4.69. The van der Waals surface area contributed by atoms with Crippen LogP contribution in [0.2, 0.25) is 15.1 Å². The lowest BCUT2D eigenvalue weighted by Crippen LogP contribution is -2.38. The molecule has 0 fully saturated rings. The number of carbonyl (C=O) groups excluding carboxylic acids is 3. The van der Waals surface area contributed by atoms with Gasteiger partial charge in [0.05, 0.1) is 36.9 Å². The number of amides is 3. The highest BCUT2D eigenvalue weighted by molar-refractivity contribution is 7.89. The highest BCUT2D eigenvalue weighted by Gasteiger charge is 2.35. The zero-order chi connectivity index (χ0) is 44.1. The van der Waals surface area contributed by atoms with Gasteiger partial charge in [0.25, 0.3) is 27.7 Å². The maximum Gasteiger partial charge on any atom is 0.292 e. The molecule has 6 aromatic rings. The Morgan fingerprint density at radius 2 is 1.47 bits per heavy atom. The van der Waals surface area contributed by atoms with Gasteiger partial charge in [-0.3, -0.25) is 19.2 Å². The minimum Gasteiger partial charge on any atom is -0.337 e. The molecule has 0 saturated carbocycles. The molecule has 0 spiro atoms. The number of hydroxylamine groups is 1. The van der Waals surface area contributed by atoms with Gasteiger partial charge >= 0.3 is 0 Å². The van der Waals surface area contributed by atoms with Crippen molar-refractivity contribution >= 4 is 73.3 Å². The molecule has 1 aliphatic heterocycles. The number of carbonyl (C=O) groups is 3. The predicted octanol–water partition coefficient (Wildman–Crippen LogP) is 10.5. The highest BCUT2D eigenvalue weighted by atomic mass is 35.5. The summed E-state index contributed by atoms with van der Waals surface area (Å²) in [5.41, 5.74) is 3.13. The van der Waals surface area contributed by atoms with E-state index in [2.05, 4.69) is 13.8 Å². The van der Waals surface area contributed by atoms with E-state index in [4.69, 9.17) is 44.7 Å². The average Bonchev–Trinajstić information content (AvgIpc) is 3.58. The maximum absolute atomic E-state index is 14.8. The predicted molar refractivity (Wildman–Crippen MR) is 242 cm³/mol. The molecule has 1 aliphatic rings. The van der Waals surface area contributed by atoms with Crippen molar-refractivity contribution in [1.82, 2.24) is 24.0 Å². The van der Waals surface area contributed by atoms with Gasteiger partial charge in [0.1, 0.15) is 6.61 Å². The SMILES string of the molecule is CCCCN(CCCC)C(=O)c1nn(-c2ccc(C(=O)N(OCc3ccc(Cl)c(Cl)c3)S(=O)(=O)c3ccc4ccccc4c3)cc2C(=O)N2CCc3ccccc3C2)c(C)c1Cl. The Labute approximate surface area is 376 Å². The van der Waals surface area contributed by atoms with Crippen molar-refractivity contribution in [2.45, 2.75) is 70.9 Å². The van der Waals surface area contributed by atoms with E-state index in [9.17, 15) is 22.8 Å². The summed E-state index contributed by atoms with van der Waals surface area (Å²) >= 11 is 19.3. The molecule has 15 heteroatoms. The fourth-order valence-corrected chi connectivity index (χ4v) is 9.15. The van der Waals surface area contributed by atoms with Gasteiger partial charge in [-0.2, -0.15) is 13.5 Å². The Balaban J connectivity index is 1.33. The molecular formula is C47H46Cl3N5O6S. The van der Waals surface area contributed by atoms with Gasteiger partial charge in [0, 0.05) is 31.7 Å². The first-order chi connectivity index (χ1) is 29.8. The van der Waals surface area contributed by atoms with Gasteiger partial charge in [-0.1, -0.05) is 127 Å². The van der Waals surface area contributed by atoms with Crippen molar-refractivity contribution < 1.29 is 27.6 Å². The van der Waals surface area contributed by atoms with E-state index in [1.807, 2.05) is 36.4 Å². The van der Waals surface area contributed by atoms with Crippen LogP contribution in [0.3, 0.4) is 0 Å². The Kier molecular flexibility index (Phi) is 14.0. The number of aromatic nitrogens is 2. The fourth-order valence-electron chi connectivity index (χ4n) is 7.41. The van der Waals surface area contributed by atoms with Crippen molar-refractivity contribution in [3.8, 4) is 5.69 Å². The lowest BCUT2D eigenvalue weighted by molar-refractivity contribution is -0.0697. The second-order valence-electron chi connectivity index (χ2n) is 15.2. The molecule has 2 heterocycles. The molecule has 322 valence electrons. The van der Waals surface area contributed by atoms with Crippen LogP contribution in [0.15, 0.2) is 108 Å². The molecule has 5 aromatic carbocycles. The second-order valence-corrected chi connectivity index (χ2v) is 18.2. The third-order valence-electron chi connectivity index (χ3n) is 11.0. The van der Waals surface area contributed by atoms with Crippen molar-refractivity contribution in [2.24, 2.45) is 0 Å². The molecule has 0 atom stereocenters. The third kappa shape index (κ3) is 9.40. The first-order valence-corrected chi connectivity index (χ1v) is 23.1. The number of fused-ring (bicyclic) bond motifs is 2. The van der Waals surface area contributed by atoms with Crippen molar-refractivity contribution in [3.63, 3.8) is 0 Å². The number of hydrogen-bond donors (Lipinski definition) is 0. The van der Waals surface area contributed by atoms with E-state index in [0.717, 1.165) is 42.2 Å². The van der Waals surface area contributed by atoms with Crippen LogP contribution in [0.5, 0.6) is 0 Å². The molecule has 1 aromatic heterocycles. The minimum atomic E-state index is -4.69. The third-order valence-corrected chi connectivity index (χ3v) is 13.7. The standard InChI is InChI=1S/C47H46Cl3N5O6S/c1-4-6-23-52(24-7-5-2)47(58)44-43(50)31(3)54(51-44)42-21-18-36(28-39(42)46(57)53-25-22-34-13-9-11-15-37(34)29-53)45(56)55(61-30-32-16-20-40(48)41(49)26-32)62(59,60)38-19-17-33-12-8-10-14-35(33)27-38/h8-21,26-28H,4-7,22-25,29-30H2,1-3H3. The van der Waals surface area contributed by atoms with Gasteiger partial charge < -0.3 is 9.80 Å². The topological polar surface area (TPSA) is 122 Å². The van der Waals surface area contributed by atoms with E-state index < -0.39 is 21.8 Å². The summed E-state index contributed by atoms with van der Waals surface area (Å²) in [6.45, 7) is 7.21. The first kappa shape index (κ1) is 44.8. The monoisotopic (exact) mass is 913 g/mol. The van der Waals surface area contributed by atoms with E-state index >= 15 is 0 Å². The number of nitrogens with zero attached hydrogens (tertiary/aromatic N) is 5. The minimum absolute atomic E-state index is 0.0397. The van der Waals surface area contributed by atoms with Crippen LogP contribution in [0.4, 0.5) is 0 Å². The first-order valence-electron chi connectivity index (χ1n) is 20.5. The Bertz CT molecular complexity index is 2770. The molecule has 11 nitrogen and oxygen atoms in total. The van der Waals surface area contributed by atoms with E-state index in [0.29, 0.717) is 53.7 Å². The molecular weight excluding hydrogens is 869 g/mol. The Morgan fingerprint density at radius 1 is 0.774 bits per heavy atom. The molecule has 0 aliphatic carbocycles. The van der Waals surface area contributed by atoms with Crippen LogP contribution in [-0.2, 0) is 34.4 Å². The summed E-state index contributed by atoms with van der Waals surface area (Å²) in [5.74, 6) is -1.81. The van der Waals surface area contributed by atoms with Crippen LogP contribution < -0.4 is 0 Å². The van der Waals surface area contributed by atoms with Gasteiger partial charge in [0.2, 0.25) is 0 Å². The quantitative estimate of drug-likeness (QED) is 0.0940. The molecule has 62 heavy (non-hydrogen) atoms. The average molecular weight is 915 g/mol. The summed E-state index contributed by atoms with van der Waals surface area (Å²) in [6.07, 6.45) is 4.02. The van der Waals surface area contributed by atoms with Gasteiger partial charge in [0.15, 0.2) is 5.69 Å². The molecule has 0 N–H and O–H groups in total. The number of unbranched alkanes of at least 4 members (excludes halogenated alkanes) is 2. The molecule has 7 rings (SSSR count). The van der Waals surface area contributed by atoms with Crippen molar-refractivity contribution in [3.05, 3.63) is 157 Å². The summed E-state index contributed by atoms with van der Waals surface area (Å²) in [5, 5.41) is 6.80. The van der Waals surface area contributed by atoms with Crippen LogP contribution >= 0.6 is 34.8 Å². The maximum atomic E-state index is 14.8. The second kappa shape index (κ2) is 19.4. The Morgan fingerprint density at radius 3 is 2.18 bits per heavy atom. The number of sulfonamides is 1. The van der Waals surface area contributed by atoms with Crippen LogP contribution in [0.1, 0.15) is 93.1 Å². The highest BCUT2D eigenvalue weighted by Crippen LogP contribution is 2.31. The molecule has 0 bridgehead atoms. The fraction of sp³-hybridized carbons (Fsp3) is 0.277. The Hall–Kier alpha value is -5.24. The zero-order valence-electron chi connectivity index (χ0n) is 34.6. The van der Waals surface area contributed by atoms with Gasteiger partial charge in [-0.05, 0) is 96.1 Å². The van der Waals surface area contributed by atoms with E-state index in [-0.39, 0.29) is 55.0 Å². The lowest BCUT2D eigenvalue weighted by Gasteiger charge is -2.30. The molecule has 0 saturated heterocycles. The zero-order valence-corrected chi connectivity index (χ0v) is 37.7. The van der Waals surface area contributed by atoms with E-state index in [1.165, 1.54) is 41.1 Å². The lowest BCUT2D eigenvalue weighted by atomic mass is 9.98. The van der Waals surface area contributed by atoms with Gasteiger partial charge in [-0.25, -0.2) is 4.68 Å². The molecule has 0 unspecified atom stereocenters. The van der Waals surface area contributed by atoms with Crippen LogP contribution in [0, 0.1) is 6.92 Å². The van der Waals surface area contributed by atoms with Gasteiger partial charge in [-0.15, -0.1) is 0 Å². The summed E-state index contributed by atoms with van der Waals surface area (Å²) in [4.78, 5) is 52.7. The number of halogens is 3. The van der Waals surface area contributed by atoms with Crippen LogP contribution in [-0.4, -0.2) is 69.8 Å². The smallest absolute Gasteiger partial charge is 0.292 e. The van der Waals surface area contributed by atoms with Crippen molar-refractivity contribution in [2.75, 3.05) is 19.6 Å². The van der Waals surface area contributed by atoms with Crippen molar-refractivity contribution in [1.29, 1.82) is 0 Å². The number of hydrogen-bond acceptors (Lipinski definition) is 7. The largest absolute Gasteiger partial charge is 0.337 e. The van der Waals surface area contributed by atoms with Crippen LogP contribution in [0.25, 0.3) is 16.5 Å². The molecule has 3 amide bonds.